The van der Waals surface area contributed by atoms with Gasteiger partial charge >= 0.3 is 0 Å². The number of rotatable bonds is 7. The molecular formula is C16H25N3O2. The number of methoxy groups -OCH3 is 1. The van der Waals surface area contributed by atoms with Crippen LogP contribution in [0.3, 0.4) is 0 Å². The number of amides is 1. The normalized spacial score (nSPS) is 16.1. The molecule has 0 radical (unpaired) electrons. The number of ether oxygens (including phenoxy) is 1. The molecule has 1 saturated heterocycles. The Morgan fingerprint density at radius 1 is 1.38 bits per heavy atom. The van der Waals surface area contributed by atoms with Gasteiger partial charge in [-0.1, -0.05) is 18.2 Å². The summed E-state index contributed by atoms with van der Waals surface area (Å²) in [5, 5.41) is 3.38. The van der Waals surface area contributed by atoms with E-state index in [9.17, 15) is 4.79 Å². The summed E-state index contributed by atoms with van der Waals surface area (Å²) in [5.41, 5.74) is 7.93. The van der Waals surface area contributed by atoms with Crippen LogP contribution in [0.15, 0.2) is 24.3 Å². The third kappa shape index (κ3) is 4.44. The van der Waals surface area contributed by atoms with Gasteiger partial charge in [-0.2, -0.15) is 0 Å². The van der Waals surface area contributed by atoms with Crippen LogP contribution in [-0.4, -0.2) is 39.3 Å². The van der Waals surface area contributed by atoms with Gasteiger partial charge in [-0.15, -0.1) is 0 Å². The van der Waals surface area contributed by atoms with Crippen molar-refractivity contribution in [2.75, 3.05) is 38.3 Å². The summed E-state index contributed by atoms with van der Waals surface area (Å²) in [4.78, 5) is 13.6. The number of primary amides is 1. The Kier molecular flexibility index (Phi) is 6.02. The number of nitrogens with one attached hydrogen (secondary N) is 1. The molecule has 1 aliphatic heterocycles. The number of nitrogens with zero attached hydrogens (tertiary/aromatic N) is 1. The molecule has 0 bridgehead atoms. The lowest BCUT2D eigenvalue weighted by Gasteiger charge is -2.33. The topological polar surface area (TPSA) is 67.6 Å². The second-order valence-corrected chi connectivity index (χ2v) is 5.46. The number of carbonyl (C=O) groups excluding carboxylic acids is 1. The Hall–Kier alpha value is -1.59. The summed E-state index contributed by atoms with van der Waals surface area (Å²) in [6.45, 7) is 4.17. The van der Waals surface area contributed by atoms with Gasteiger partial charge in [0.2, 0.25) is 5.91 Å². The van der Waals surface area contributed by atoms with Crippen LogP contribution in [0.5, 0.6) is 0 Å². The van der Waals surface area contributed by atoms with Gasteiger partial charge in [-0.05, 0) is 24.5 Å². The van der Waals surface area contributed by atoms with E-state index in [-0.39, 0.29) is 11.8 Å². The smallest absolute Gasteiger partial charge is 0.220 e. The Morgan fingerprint density at radius 2 is 2.10 bits per heavy atom. The summed E-state index contributed by atoms with van der Waals surface area (Å²) in [6, 6.07) is 8.42. The molecule has 1 aromatic rings. The van der Waals surface area contributed by atoms with E-state index in [1.54, 1.807) is 7.11 Å². The lowest BCUT2D eigenvalue weighted by molar-refractivity contribution is -0.122. The number of carbonyl (C=O) groups is 1. The number of benzene rings is 1. The van der Waals surface area contributed by atoms with Crippen LogP contribution in [0.25, 0.3) is 0 Å². The van der Waals surface area contributed by atoms with Crippen molar-refractivity contribution in [1.82, 2.24) is 5.32 Å². The molecule has 1 amide bonds. The first-order valence-electron chi connectivity index (χ1n) is 7.54. The van der Waals surface area contributed by atoms with Crippen molar-refractivity contribution in [3.05, 3.63) is 29.8 Å². The Balaban J connectivity index is 1.95. The van der Waals surface area contributed by atoms with Crippen LogP contribution in [0.1, 0.15) is 18.4 Å². The zero-order chi connectivity index (χ0) is 15.1. The molecule has 2 rings (SSSR count). The molecule has 0 spiro atoms. The average Bonchev–Trinajstić information content (AvgIpc) is 2.52. The number of para-hydroxylation sites is 1. The molecule has 1 heterocycles. The van der Waals surface area contributed by atoms with E-state index in [0.29, 0.717) is 6.61 Å². The first-order valence-corrected chi connectivity index (χ1v) is 7.54. The van der Waals surface area contributed by atoms with Crippen LogP contribution >= 0.6 is 0 Å². The second kappa shape index (κ2) is 8.00. The van der Waals surface area contributed by atoms with E-state index in [2.05, 4.69) is 34.5 Å². The van der Waals surface area contributed by atoms with Crippen LogP contribution in [0.4, 0.5) is 5.69 Å². The number of hydrogen-bond donors (Lipinski definition) is 2. The quantitative estimate of drug-likeness (QED) is 0.739. The molecule has 5 heteroatoms. The molecule has 0 saturated carbocycles. The highest BCUT2D eigenvalue weighted by molar-refractivity contribution is 5.77. The molecule has 5 nitrogen and oxygen atoms in total. The van der Waals surface area contributed by atoms with Crippen molar-refractivity contribution >= 4 is 11.6 Å². The van der Waals surface area contributed by atoms with Gasteiger partial charge < -0.3 is 20.7 Å². The van der Waals surface area contributed by atoms with Gasteiger partial charge in [0.15, 0.2) is 0 Å². The Labute approximate surface area is 126 Å². The predicted octanol–water partition coefficient (Wildman–Crippen LogP) is 1.12. The summed E-state index contributed by atoms with van der Waals surface area (Å²) in [7, 11) is 1.71. The number of hydrogen-bond acceptors (Lipinski definition) is 4. The van der Waals surface area contributed by atoms with Crippen LogP contribution in [0, 0.1) is 5.92 Å². The predicted molar refractivity (Wildman–Crippen MR) is 84.2 cm³/mol. The van der Waals surface area contributed by atoms with Crippen molar-refractivity contribution in [3.8, 4) is 0 Å². The lowest BCUT2D eigenvalue weighted by atomic mass is 9.95. The zero-order valence-corrected chi connectivity index (χ0v) is 12.7. The van der Waals surface area contributed by atoms with Gasteiger partial charge in [-0.3, -0.25) is 4.79 Å². The molecule has 21 heavy (non-hydrogen) atoms. The maximum atomic E-state index is 11.2. The van der Waals surface area contributed by atoms with Crippen LogP contribution in [0.2, 0.25) is 0 Å². The summed E-state index contributed by atoms with van der Waals surface area (Å²) >= 11 is 0. The van der Waals surface area contributed by atoms with E-state index < -0.39 is 0 Å². The number of nitrogens with two attached hydrogens (primary N) is 1. The molecular weight excluding hydrogens is 266 g/mol. The van der Waals surface area contributed by atoms with E-state index in [1.807, 2.05) is 0 Å². The molecule has 0 aromatic heterocycles. The summed E-state index contributed by atoms with van der Waals surface area (Å²) in [6.07, 6.45) is 1.70. The molecule has 116 valence electrons. The fraction of sp³-hybridized carbons (Fsp3) is 0.562. The second-order valence-electron chi connectivity index (χ2n) is 5.46. The largest absolute Gasteiger partial charge is 0.383 e. The molecule has 0 unspecified atom stereocenters. The van der Waals surface area contributed by atoms with Gasteiger partial charge in [0.05, 0.1) is 6.61 Å². The third-order valence-corrected chi connectivity index (χ3v) is 4.03. The number of anilines is 1. The maximum Gasteiger partial charge on any atom is 0.220 e. The maximum absolute atomic E-state index is 11.2. The first-order chi connectivity index (χ1) is 10.2. The molecule has 1 aromatic carbocycles. The third-order valence-electron chi connectivity index (χ3n) is 4.03. The minimum Gasteiger partial charge on any atom is -0.383 e. The molecule has 1 fully saturated rings. The van der Waals surface area contributed by atoms with E-state index in [4.69, 9.17) is 10.5 Å². The number of piperidine rings is 1. The van der Waals surface area contributed by atoms with Gasteiger partial charge in [0.25, 0.3) is 0 Å². The highest BCUT2D eigenvalue weighted by atomic mass is 16.5. The summed E-state index contributed by atoms with van der Waals surface area (Å²) in [5.74, 6) is -0.127. The SMILES string of the molecule is COCCNCc1ccccc1N1CCC(C(N)=O)CC1. The molecule has 0 aliphatic carbocycles. The van der Waals surface area contributed by atoms with Gasteiger partial charge in [0.1, 0.15) is 0 Å². The average molecular weight is 291 g/mol. The van der Waals surface area contributed by atoms with Gasteiger partial charge in [-0.25, -0.2) is 0 Å². The first kappa shape index (κ1) is 15.8. The van der Waals surface area contributed by atoms with Crippen molar-refractivity contribution < 1.29 is 9.53 Å². The minimum absolute atomic E-state index is 0.0354. The van der Waals surface area contributed by atoms with Crippen molar-refractivity contribution in [2.24, 2.45) is 11.7 Å². The van der Waals surface area contributed by atoms with Crippen molar-refractivity contribution in [1.29, 1.82) is 0 Å². The summed E-state index contributed by atoms with van der Waals surface area (Å²) < 4.78 is 5.04. The standard InChI is InChI=1S/C16H25N3O2/c1-21-11-8-18-12-14-4-2-3-5-15(14)19-9-6-13(7-10-19)16(17)20/h2-5,13,18H,6-12H2,1H3,(H2,17,20). The van der Waals surface area contributed by atoms with Crippen molar-refractivity contribution in [3.63, 3.8) is 0 Å². The monoisotopic (exact) mass is 291 g/mol. The van der Waals surface area contributed by atoms with Crippen LogP contribution in [-0.2, 0) is 16.1 Å². The lowest BCUT2D eigenvalue weighted by Crippen LogP contribution is -2.39. The van der Waals surface area contributed by atoms with E-state index in [0.717, 1.165) is 39.0 Å². The fourth-order valence-corrected chi connectivity index (χ4v) is 2.77. The van der Waals surface area contributed by atoms with E-state index in [1.165, 1.54) is 11.3 Å². The zero-order valence-electron chi connectivity index (χ0n) is 12.7. The highest BCUT2D eigenvalue weighted by Gasteiger charge is 2.24. The Morgan fingerprint density at radius 3 is 2.76 bits per heavy atom. The molecule has 3 N–H and O–H groups in total. The van der Waals surface area contributed by atoms with E-state index >= 15 is 0 Å². The van der Waals surface area contributed by atoms with Gasteiger partial charge in [0, 0.05) is 44.9 Å². The molecule has 0 atom stereocenters. The van der Waals surface area contributed by atoms with Crippen LogP contribution < -0.4 is 16.0 Å². The Bertz CT molecular complexity index is 457. The fourth-order valence-electron chi connectivity index (χ4n) is 2.77. The van der Waals surface area contributed by atoms with Crippen molar-refractivity contribution in [2.45, 2.75) is 19.4 Å². The molecule has 1 aliphatic rings. The highest BCUT2D eigenvalue weighted by Crippen LogP contribution is 2.26. The minimum atomic E-state index is -0.163.